The predicted molar refractivity (Wildman–Crippen MR) is 81.1 cm³/mol. The number of phenols is 1. The average Bonchev–Trinajstić information content (AvgIpc) is 2.47. The zero-order chi connectivity index (χ0) is 18.5. The minimum absolute atomic E-state index is 0.0741. The highest BCUT2D eigenvalue weighted by molar-refractivity contribution is 7.86. The second-order valence-electron chi connectivity index (χ2n) is 4.25. The summed E-state index contributed by atoms with van der Waals surface area (Å²) < 4.78 is 59.0. The summed E-state index contributed by atoms with van der Waals surface area (Å²) in [6.45, 7) is 0. The van der Waals surface area contributed by atoms with Crippen LogP contribution in [-0.2, 0) is 20.2 Å². The first kappa shape index (κ1) is 19.6. The lowest BCUT2D eigenvalue weighted by Gasteiger charge is -2.01. The lowest BCUT2D eigenvalue weighted by Crippen LogP contribution is -2.02. The van der Waals surface area contributed by atoms with Crippen LogP contribution in [0.2, 0.25) is 0 Å². The molecule has 0 spiro atoms. The summed E-state index contributed by atoms with van der Waals surface area (Å²) in [5.41, 5.74) is -0.583. The Morgan fingerprint density at radius 3 is 1.67 bits per heavy atom. The molecule has 0 bridgehead atoms. The highest BCUT2D eigenvalue weighted by atomic mass is 32.2. The molecule has 0 aliphatic rings. The molecule has 130 valence electrons. The minimum atomic E-state index is -4.45. The normalized spacial score (nSPS) is 11.2. The summed E-state index contributed by atoms with van der Waals surface area (Å²) in [6, 6.07) is 9.88. The van der Waals surface area contributed by atoms with Crippen molar-refractivity contribution < 1.29 is 40.9 Å². The molecule has 0 atom stereocenters. The predicted octanol–water partition coefficient (Wildman–Crippen LogP) is 1.27. The number of carbonyl (C=O) groups is 1. The summed E-state index contributed by atoms with van der Waals surface area (Å²) in [7, 11) is -8.45. The third-order valence-electron chi connectivity index (χ3n) is 2.54. The van der Waals surface area contributed by atoms with E-state index in [1.54, 1.807) is 18.2 Å². The Bertz CT molecular complexity index is 933. The van der Waals surface area contributed by atoms with Crippen LogP contribution in [0.4, 0.5) is 0 Å². The summed E-state index contributed by atoms with van der Waals surface area (Å²) in [5.74, 6) is -2.04. The molecule has 2 aromatic rings. The van der Waals surface area contributed by atoms with Crippen LogP contribution in [0.1, 0.15) is 10.4 Å². The average molecular weight is 376 g/mol. The molecule has 24 heavy (non-hydrogen) atoms. The van der Waals surface area contributed by atoms with E-state index in [1.165, 1.54) is 12.1 Å². The van der Waals surface area contributed by atoms with Crippen LogP contribution < -0.4 is 0 Å². The fourth-order valence-electron chi connectivity index (χ4n) is 1.44. The fourth-order valence-corrected chi connectivity index (χ4v) is 2.45. The molecule has 0 unspecified atom stereocenters. The molecular formula is C13H12O9S2. The summed E-state index contributed by atoms with van der Waals surface area (Å²) in [6.07, 6.45) is 0. The Kier molecular flexibility index (Phi) is 6.04. The molecular weight excluding hydrogens is 364 g/mol. The third-order valence-corrected chi connectivity index (χ3v) is 4.25. The SMILES string of the molecule is O=C(O)c1cc(S(=O)(=O)O)ccc1O.O=S(=O)(O)c1ccccc1. The number of aromatic carboxylic acids is 1. The highest BCUT2D eigenvalue weighted by Gasteiger charge is 2.16. The van der Waals surface area contributed by atoms with Gasteiger partial charge < -0.3 is 10.2 Å². The molecule has 0 radical (unpaired) electrons. The Morgan fingerprint density at radius 2 is 1.29 bits per heavy atom. The molecule has 0 heterocycles. The smallest absolute Gasteiger partial charge is 0.339 e. The van der Waals surface area contributed by atoms with E-state index in [0.29, 0.717) is 6.07 Å². The van der Waals surface area contributed by atoms with Gasteiger partial charge in [-0.15, -0.1) is 0 Å². The van der Waals surface area contributed by atoms with Crippen LogP contribution in [0.3, 0.4) is 0 Å². The zero-order valence-corrected chi connectivity index (χ0v) is 13.4. The van der Waals surface area contributed by atoms with Gasteiger partial charge >= 0.3 is 5.97 Å². The highest BCUT2D eigenvalue weighted by Crippen LogP contribution is 2.20. The summed E-state index contributed by atoms with van der Waals surface area (Å²) in [4.78, 5) is 9.81. The Balaban J connectivity index is 0.000000254. The minimum Gasteiger partial charge on any atom is -0.507 e. The van der Waals surface area contributed by atoms with Crippen molar-refractivity contribution in [3.63, 3.8) is 0 Å². The maximum atomic E-state index is 10.6. The van der Waals surface area contributed by atoms with Gasteiger partial charge in [0.05, 0.1) is 9.79 Å². The van der Waals surface area contributed by atoms with Gasteiger partial charge in [0.25, 0.3) is 20.2 Å². The van der Waals surface area contributed by atoms with E-state index >= 15 is 0 Å². The molecule has 0 fully saturated rings. The molecule has 0 aliphatic carbocycles. The van der Waals surface area contributed by atoms with Crippen LogP contribution in [0.15, 0.2) is 58.3 Å². The van der Waals surface area contributed by atoms with Crippen LogP contribution in [0.5, 0.6) is 5.75 Å². The van der Waals surface area contributed by atoms with E-state index in [0.717, 1.165) is 12.1 Å². The van der Waals surface area contributed by atoms with Gasteiger partial charge in [-0.2, -0.15) is 16.8 Å². The van der Waals surface area contributed by atoms with Gasteiger partial charge in [0.2, 0.25) is 0 Å². The van der Waals surface area contributed by atoms with Gasteiger partial charge in [-0.05, 0) is 30.3 Å². The first-order valence-corrected chi connectivity index (χ1v) is 8.87. The molecule has 4 N–H and O–H groups in total. The molecule has 0 aromatic heterocycles. The maximum absolute atomic E-state index is 10.6. The second kappa shape index (κ2) is 7.40. The van der Waals surface area contributed by atoms with E-state index in [2.05, 4.69) is 0 Å². The van der Waals surface area contributed by atoms with Crippen LogP contribution in [0.25, 0.3) is 0 Å². The van der Waals surface area contributed by atoms with Gasteiger partial charge in [-0.25, -0.2) is 4.79 Å². The van der Waals surface area contributed by atoms with Crippen molar-refractivity contribution in [1.29, 1.82) is 0 Å². The molecule has 9 nitrogen and oxygen atoms in total. The number of rotatable bonds is 3. The van der Waals surface area contributed by atoms with E-state index in [4.69, 9.17) is 19.3 Å². The lowest BCUT2D eigenvalue weighted by atomic mass is 10.2. The zero-order valence-electron chi connectivity index (χ0n) is 11.8. The van der Waals surface area contributed by atoms with Gasteiger partial charge in [-0.1, -0.05) is 18.2 Å². The van der Waals surface area contributed by atoms with E-state index in [-0.39, 0.29) is 4.90 Å². The Labute approximate surface area is 137 Å². The fraction of sp³-hybridized carbons (Fsp3) is 0. The standard InChI is InChI=1S/C7H6O6S.C6H6O3S/c8-6-2-1-4(14(11,12)13)3-5(6)7(9)10;7-10(8,9)6-4-2-1-3-5-6/h1-3,8H,(H,9,10)(H,11,12,13);1-5H,(H,7,8,9). The van der Waals surface area contributed by atoms with Crippen molar-refractivity contribution in [3.8, 4) is 5.75 Å². The van der Waals surface area contributed by atoms with Crippen molar-refractivity contribution >= 4 is 26.2 Å². The van der Waals surface area contributed by atoms with Crippen LogP contribution in [0, 0.1) is 0 Å². The number of aromatic hydroxyl groups is 1. The molecule has 0 saturated heterocycles. The number of carboxylic acid groups (broad SMARTS) is 1. The number of carboxylic acids is 1. The second-order valence-corrected chi connectivity index (χ2v) is 7.09. The first-order valence-electron chi connectivity index (χ1n) is 5.99. The molecule has 0 saturated carbocycles. The van der Waals surface area contributed by atoms with Crippen LogP contribution >= 0.6 is 0 Å². The number of benzene rings is 2. The molecule has 11 heteroatoms. The summed E-state index contributed by atoms with van der Waals surface area (Å²) >= 11 is 0. The Hall–Kier alpha value is -2.47. The molecule has 2 aromatic carbocycles. The molecule has 0 amide bonds. The lowest BCUT2D eigenvalue weighted by molar-refractivity contribution is 0.0693. The first-order chi connectivity index (χ1) is 10.9. The van der Waals surface area contributed by atoms with Crippen LogP contribution in [-0.4, -0.2) is 42.1 Å². The van der Waals surface area contributed by atoms with E-state index in [1.807, 2.05) is 0 Å². The topological polar surface area (TPSA) is 166 Å². The van der Waals surface area contributed by atoms with Crippen molar-refractivity contribution in [2.45, 2.75) is 9.79 Å². The van der Waals surface area contributed by atoms with E-state index < -0.39 is 42.4 Å². The number of hydrogen-bond acceptors (Lipinski definition) is 6. The van der Waals surface area contributed by atoms with Crippen molar-refractivity contribution in [3.05, 3.63) is 54.1 Å². The largest absolute Gasteiger partial charge is 0.507 e. The van der Waals surface area contributed by atoms with Crippen molar-refractivity contribution in [1.82, 2.24) is 0 Å². The van der Waals surface area contributed by atoms with Crippen molar-refractivity contribution in [2.24, 2.45) is 0 Å². The van der Waals surface area contributed by atoms with Gasteiger partial charge in [-0.3, -0.25) is 9.11 Å². The van der Waals surface area contributed by atoms with Gasteiger partial charge in [0, 0.05) is 0 Å². The maximum Gasteiger partial charge on any atom is 0.339 e. The molecule has 2 rings (SSSR count). The van der Waals surface area contributed by atoms with Gasteiger partial charge in [0.15, 0.2) is 0 Å². The van der Waals surface area contributed by atoms with E-state index in [9.17, 15) is 21.6 Å². The quantitative estimate of drug-likeness (QED) is 0.577. The Morgan fingerprint density at radius 1 is 0.792 bits per heavy atom. The monoisotopic (exact) mass is 376 g/mol. The van der Waals surface area contributed by atoms with Crippen molar-refractivity contribution in [2.75, 3.05) is 0 Å². The summed E-state index contributed by atoms with van der Waals surface area (Å²) in [5, 5.41) is 17.5. The van der Waals surface area contributed by atoms with Gasteiger partial charge in [0.1, 0.15) is 11.3 Å². The number of hydrogen-bond donors (Lipinski definition) is 4. The molecule has 0 aliphatic heterocycles. The third kappa shape index (κ3) is 5.62.